The molecule has 100 valence electrons. The van der Waals surface area contributed by atoms with Gasteiger partial charge in [-0.2, -0.15) is 4.98 Å². The van der Waals surface area contributed by atoms with Crippen LogP contribution in [-0.2, 0) is 0 Å². The topological polar surface area (TPSA) is 34.1 Å². The van der Waals surface area contributed by atoms with E-state index in [9.17, 15) is 0 Å². The Hall–Kier alpha value is -1.74. The van der Waals surface area contributed by atoms with Crippen molar-refractivity contribution in [1.82, 2.24) is 4.98 Å². The van der Waals surface area contributed by atoms with Crippen LogP contribution >= 0.6 is 11.6 Å². The second-order valence-corrected chi connectivity index (χ2v) is 4.65. The zero-order valence-electron chi connectivity index (χ0n) is 11.1. The van der Waals surface area contributed by atoms with Crippen LogP contribution in [0.2, 0.25) is 5.02 Å². The van der Waals surface area contributed by atoms with E-state index in [-0.39, 0.29) is 6.04 Å². The fourth-order valence-electron chi connectivity index (χ4n) is 1.78. The largest absolute Gasteiger partial charge is 0.478 e. The standard InChI is InChI=1S/C15H17ClN2O/c1-3-19-15-6-4-5-14(18-15)17-11(2)12-7-9-13(16)10-8-12/h4-11H,3H2,1-2H3,(H,17,18). The van der Waals surface area contributed by atoms with Crippen LogP contribution in [0.3, 0.4) is 0 Å². The van der Waals surface area contributed by atoms with Gasteiger partial charge in [0.2, 0.25) is 5.88 Å². The maximum Gasteiger partial charge on any atom is 0.215 e. The highest BCUT2D eigenvalue weighted by molar-refractivity contribution is 6.30. The summed E-state index contributed by atoms with van der Waals surface area (Å²) in [7, 11) is 0. The van der Waals surface area contributed by atoms with Crippen LogP contribution in [0, 0.1) is 0 Å². The van der Waals surface area contributed by atoms with Crippen LogP contribution in [0.4, 0.5) is 5.82 Å². The molecule has 1 aromatic carbocycles. The van der Waals surface area contributed by atoms with Crippen molar-refractivity contribution < 1.29 is 4.74 Å². The number of benzene rings is 1. The predicted molar refractivity (Wildman–Crippen MR) is 78.9 cm³/mol. The number of nitrogens with zero attached hydrogens (tertiary/aromatic N) is 1. The molecule has 1 N–H and O–H groups in total. The molecule has 1 heterocycles. The maximum absolute atomic E-state index is 5.88. The molecule has 19 heavy (non-hydrogen) atoms. The van der Waals surface area contributed by atoms with Crippen LogP contribution in [0.1, 0.15) is 25.5 Å². The lowest BCUT2D eigenvalue weighted by atomic mass is 10.1. The van der Waals surface area contributed by atoms with E-state index in [2.05, 4.69) is 17.2 Å². The van der Waals surface area contributed by atoms with Crippen molar-refractivity contribution in [3.8, 4) is 5.88 Å². The quantitative estimate of drug-likeness (QED) is 0.884. The van der Waals surface area contributed by atoms with Gasteiger partial charge in [-0.1, -0.05) is 29.8 Å². The molecule has 0 aliphatic carbocycles. The molecule has 0 radical (unpaired) electrons. The molecule has 0 aliphatic rings. The average Bonchev–Trinajstić information content (AvgIpc) is 2.40. The molecule has 0 bridgehead atoms. The molecule has 0 fully saturated rings. The molecular weight excluding hydrogens is 260 g/mol. The van der Waals surface area contributed by atoms with Crippen LogP contribution in [0.5, 0.6) is 5.88 Å². The van der Waals surface area contributed by atoms with Crippen molar-refractivity contribution >= 4 is 17.4 Å². The van der Waals surface area contributed by atoms with Gasteiger partial charge in [-0.15, -0.1) is 0 Å². The zero-order chi connectivity index (χ0) is 13.7. The summed E-state index contributed by atoms with van der Waals surface area (Å²) in [6.07, 6.45) is 0. The highest BCUT2D eigenvalue weighted by Crippen LogP contribution is 2.21. The first-order chi connectivity index (χ1) is 9.19. The van der Waals surface area contributed by atoms with E-state index in [0.29, 0.717) is 12.5 Å². The Balaban J connectivity index is 2.07. The number of halogens is 1. The number of rotatable bonds is 5. The smallest absolute Gasteiger partial charge is 0.215 e. The fraction of sp³-hybridized carbons (Fsp3) is 0.267. The Morgan fingerprint density at radius 2 is 1.95 bits per heavy atom. The molecule has 4 heteroatoms. The number of ether oxygens (including phenoxy) is 1. The van der Waals surface area contributed by atoms with E-state index < -0.39 is 0 Å². The lowest BCUT2D eigenvalue weighted by Gasteiger charge is -2.15. The van der Waals surface area contributed by atoms with Gasteiger partial charge < -0.3 is 10.1 Å². The van der Waals surface area contributed by atoms with Gasteiger partial charge in [0.25, 0.3) is 0 Å². The first-order valence-corrected chi connectivity index (χ1v) is 6.68. The molecule has 0 saturated carbocycles. The summed E-state index contributed by atoms with van der Waals surface area (Å²) < 4.78 is 5.38. The Labute approximate surface area is 118 Å². The van der Waals surface area contributed by atoms with Crippen molar-refractivity contribution in [3.05, 3.63) is 53.1 Å². The lowest BCUT2D eigenvalue weighted by molar-refractivity contribution is 0.327. The van der Waals surface area contributed by atoms with E-state index in [1.54, 1.807) is 0 Å². The van der Waals surface area contributed by atoms with Gasteiger partial charge in [-0.25, -0.2) is 0 Å². The van der Waals surface area contributed by atoms with Gasteiger partial charge in [-0.3, -0.25) is 0 Å². The molecule has 0 spiro atoms. The third-order valence-corrected chi connectivity index (χ3v) is 3.00. The fourth-order valence-corrected chi connectivity index (χ4v) is 1.91. The number of hydrogen-bond donors (Lipinski definition) is 1. The van der Waals surface area contributed by atoms with Gasteiger partial charge >= 0.3 is 0 Å². The Kier molecular flexibility index (Phi) is 4.63. The van der Waals surface area contributed by atoms with Crippen molar-refractivity contribution in [2.24, 2.45) is 0 Å². The Bertz CT molecular complexity index is 528. The molecule has 3 nitrogen and oxygen atoms in total. The number of hydrogen-bond acceptors (Lipinski definition) is 3. The third-order valence-electron chi connectivity index (χ3n) is 2.75. The molecule has 2 aromatic rings. The van der Waals surface area contributed by atoms with Gasteiger partial charge in [0.15, 0.2) is 0 Å². The summed E-state index contributed by atoms with van der Waals surface area (Å²) in [4.78, 5) is 4.39. The summed E-state index contributed by atoms with van der Waals surface area (Å²) in [6.45, 7) is 4.64. The maximum atomic E-state index is 5.88. The minimum atomic E-state index is 0.154. The second-order valence-electron chi connectivity index (χ2n) is 4.21. The molecule has 1 unspecified atom stereocenters. The molecule has 0 saturated heterocycles. The summed E-state index contributed by atoms with van der Waals surface area (Å²) in [5, 5.41) is 4.09. The molecule has 1 aromatic heterocycles. The van der Waals surface area contributed by atoms with E-state index >= 15 is 0 Å². The van der Waals surface area contributed by atoms with Crippen molar-refractivity contribution in [2.75, 3.05) is 11.9 Å². The molecule has 0 amide bonds. The summed E-state index contributed by atoms with van der Waals surface area (Å²) in [5.41, 5.74) is 1.16. The molecule has 1 atom stereocenters. The van der Waals surface area contributed by atoms with Crippen LogP contribution in [0.25, 0.3) is 0 Å². The minimum Gasteiger partial charge on any atom is -0.478 e. The van der Waals surface area contributed by atoms with E-state index in [1.165, 1.54) is 0 Å². The van der Waals surface area contributed by atoms with Crippen LogP contribution in [-0.4, -0.2) is 11.6 Å². The Morgan fingerprint density at radius 3 is 2.63 bits per heavy atom. The average molecular weight is 277 g/mol. The monoisotopic (exact) mass is 276 g/mol. The van der Waals surface area contributed by atoms with Crippen molar-refractivity contribution in [2.45, 2.75) is 19.9 Å². The summed E-state index contributed by atoms with van der Waals surface area (Å²) in [6, 6.07) is 13.6. The van der Waals surface area contributed by atoms with Crippen LogP contribution in [0.15, 0.2) is 42.5 Å². The van der Waals surface area contributed by atoms with Gasteiger partial charge in [0.1, 0.15) is 5.82 Å². The van der Waals surface area contributed by atoms with Gasteiger partial charge in [-0.05, 0) is 37.6 Å². The van der Waals surface area contributed by atoms with Gasteiger partial charge in [0, 0.05) is 17.1 Å². The highest BCUT2D eigenvalue weighted by Gasteiger charge is 2.06. The summed E-state index contributed by atoms with van der Waals surface area (Å²) in [5.74, 6) is 1.43. The lowest BCUT2D eigenvalue weighted by Crippen LogP contribution is -2.08. The van der Waals surface area contributed by atoms with E-state index in [0.717, 1.165) is 16.4 Å². The SMILES string of the molecule is CCOc1cccc(NC(C)c2ccc(Cl)cc2)n1. The van der Waals surface area contributed by atoms with E-state index in [4.69, 9.17) is 16.3 Å². The summed E-state index contributed by atoms with van der Waals surface area (Å²) >= 11 is 5.88. The Morgan fingerprint density at radius 1 is 1.21 bits per heavy atom. The van der Waals surface area contributed by atoms with Crippen molar-refractivity contribution in [3.63, 3.8) is 0 Å². The number of pyridine rings is 1. The van der Waals surface area contributed by atoms with E-state index in [1.807, 2.05) is 49.4 Å². The molecular formula is C15H17ClN2O. The second kappa shape index (κ2) is 6.43. The first kappa shape index (κ1) is 13.7. The normalized spacial score (nSPS) is 11.9. The number of aromatic nitrogens is 1. The number of anilines is 1. The van der Waals surface area contributed by atoms with Crippen LogP contribution < -0.4 is 10.1 Å². The zero-order valence-corrected chi connectivity index (χ0v) is 11.8. The molecule has 0 aliphatic heterocycles. The highest BCUT2D eigenvalue weighted by atomic mass is 35.5. The number of nitrogens with one attached hydrogen (secondary N) is 1. The van der Waals surface area contributed by atoms with Crippen molar-refractivity contribution in [1.29, 1.82) is 0 Å². The predicted octanol–water partition coefficient (Wildman–Crippen LogP) is 4.31. The molecule has 2 rings (SSSR count). The third kappa shape index (κ3) is 3.86. The first-order valence-electron chi connectivity index (χ1n) is 6.31. The van der Waals surface area contributed by atoms with Gasteiger partial charge in [0.05, 0.1) is 6.61 Å². The minimum absolute atomic E-state index is 0.154.